The average Bonchev–Trinajstić information content (AvgIpc) is 2.91. The number of phenols is 1. The van der Waals surface area contributed by atoms with E-state index in [-0.39, 0.29) is 25.4 Å². The van der Waals surface area contributed by atoms with Crippen molar-refractivity contribution in [2.45, 2.75) is 44.7 Å². The molecule has 2 amide bonds. The molecule has 0 aromatic heterocycles. The number of aromatic hydroxyl groups is 1. The van der Waals surface area contributed by atoms with Gasteiger partial charge in [-0.15, -0.1) is 0 Å². The average molecular weight is 507 g/mol. The first-order chi connectivity index (χ1) is 17.8. The van der Waals surface area contributed by atoms with Crippen LogP contribution in [0.4, 0.5) is 4.79 Å². The van der Waals surface area contributed by atoms with Crippen LogP contribution in [0.25, 0.3) is 0 Å². The van der Waals surface area contributed by atoms with Crippen molar-refractivity contribution in [2.24, 2.45) is 0 Å². The van der Waals surface area contributed by atoms with Crippen molar-refractivity contribution in [3.8, 4) is 5.75 Å². The number of benzene rings is 3. The van der Waals surface area contributed by atoms with E-state index in [0.717, 1.165) is 11.1 Å². The van der Waals surface area contributed by atoms with Gasteiger partial charge in [0.2, 0.25) is 5.91 Å². The molecule has 0 aliphatic carbocycles. The minimum atomic E-state index is -1.38. The lowest BCUT2D eigenvalue weighted by atomic mass is 10.0. The molecule has 0 radical (unpaired) electrons. The summed E-state index contributed by atoms with van der Waals surface area (Å²) in [7, 11) is 0. The van der Waals surface area contributed by atoms with E-state index in [4.69, 9.17) is 9.47 Å². The number of carbonyl (C=O) groups excluding carboxylic acids is 3. The van der Waals surface area contributed by atoms with E-state index in [1.807, 2.05) is 24.3 Å². The molecule has 9 nitrogen and oxygen atoms in total. The van der Waals surface area contributed by atoms with Crippen LogP contribution < -0.4 is 10.6 Å². The fourth-order valence-electron chi connectivity index (χ4n) is 3.45. The van der Waals surface area contributed by atoms with Crippen molar-refractivity contribution < 1.29 is 34.1 Å². The lowest BCUT2D eigenvalue weighted by Crippen LogP contribution is -2.56. The van der Waals surface area contributed by atoms with Gasteiger partial charge in [-0.1, -0.05) is 72.8 Å². The lowest BCUT2D eigenvalue weighted by Gasteiger charge is -2.24. The van der Waals surface area contributed by atoms with Crippen LogP contribution in [0.2, 0.25) is 0 Å². The Morgan fingerprint density at radius 2 is 1.30 bits per heavy atom. The number of rotatable bonds is 11. The summed E-state index contributed by atoms with van der Waals surface area (Å²) in [6.07, 6.45) is -2.12. The van der Waals surface area contributed by atoms with Gasteiger partial charge in [0.15, 0.2) is 0 Å². The van der Waals surface area contributed by atoms with Crippen LogP contribution in [-0.2, 0) is 38.7 Å². The molecule has 0 bridgehead atoms. The van der Waals surface area contributed by atoms with E-state index in [1.54, 1.807) is 48.5 Å². The number of ether oxygens (including phenoxy) is 2. The summed E-state index contributed by atoms with van der Waals surface area (Å²) in [5.74, 6) is -1.42. The molecular formula is C28H30N2O7. The Morgan fingerprint density at radius 1 is 0.757 bits per heavy atom. The third-order valence-corrected chi connectivity index (χ3v) is 5.45. The highest BCUT2D eigenvalue weighted by Crippen LogP contribution is 2.13. The molecule has 0 spiro atoms. The zero-order valence-electron chi connectivity index (χ0n) is 20.4. The first kappa shape index (κ1) is 27.2. The Balaban J connectivity index is 1.66. The van der Waals surface area contributed by atoms with Crippen molar-refractivity contribution in [1.82, 2.24) is 10.6 Å². The van der Waals surface area contributed by atoms with Gasteiger partial charge >= 0.3 is 12.1 Å². The second kappa shape index (κ2) is 13.6. The normalized spacial score (nSPS) is 13.0. The Labute approximate surface area is 215 Å². The molecule has 3 rings (SSSR count). The molecule has 0 saturated carbocycles. The van der Waals surface area contributed by atoms with Crippen LogP contribution >= 0.6 is 0 Å². The second-order valence-corrected chi connectivity index (χ2v) is 8.45. The quantitative estimate of drug-likeness (QED) is 0.294. The molecule has 0 aliphatic heterocycles. The number of aliphatic hydroxyl groups is 1. The van der Waals surface area contributed by atoms with Crippen LogP contribution in [-0.4, -0.2) is 46.4 Å². The van der Waals surface area contributed by atoms with Crippen molar-refractivity contribution in [2.75, 3.05) is 0 Å². The topological polar surface area (TPSA) is 134 Å². The molecule has 3 atom stereocenters. The maximum atomic E-state index is 13.0. The van der Waals surface area contributed by atoms with Crippen LogP contribution in [0.3, 0.4) is 0 Å². The largest absolute Gasteiger partial charge is 0.508 e. The summed E-state index contributed by atoms with van der Waals surface area (Å²) in [5.41, 5.74) is 2.18. The molecule has 0 heterocycles. The molecule has 194 valence electrons. The highest BCUT2D eigenvalue weighted by Gasteiger charge is 2.31. The van der Waals surface area contributed by atoms with Gasteiger partial charge in [0, 0.05) is 6.42 Å². The number of esters is 1. The van der Waals surface area contributed by atoms with E-state index in [0.29, 0.717) is 5.56 Å². The predicted octanol–water partition coefficient (Wildman–Crippen LogP) is 2.84. The Bertz CT molecular complexity index is 1150. The SMILES string of the molecule is C[C@@H](O)[C@H](NC(=O)OCc1ccccc1)C(=O)N[C@@H](Cc1ccc(O)cc1)C(=O)OCc1ccccc1. The summed E-state index contributed by atoms with van der Waals surface area (Å²) in [6, 6.07) is 21.7. The van der Waals surface area contributed by atoms with Gasteiger partial charge in [-0.05, 0) is 35.7 Å². The van der Waals surface area contributed by atoms with Gasteiger partial charge < -0.3 is 30.3 Å². The summed E-state index contributed by atoms with van der Waals surface area (Å²) in [4.78, 5) is 38.3. The zero-order chi connectivity index (χ0) is 26.6. The number of aliphatic hydroxyl groups excluding tert-OH is 1. The van der Waals surface area contributed by atoms with E-state index in [1.165, 1.54) is 19.1 Å². The molecule has 4 N–H and O–H groups in total. The number of carbonyl (C=O) groups is 3. The smallest absolute Gasteiger partial charge is 0.408 e. The Hall–Kier alpha value is -4.37. The van der Waals surface area contributed by atoms with Gasteiger partial charge in [0.25, 0.3) is 0 Å². The molecule has 3 aromatic carbocycles. The second-order valence-electron chi connectivity index (χ2n) is 8.45. The minimum absolute atomic E-state index is 0.00547. The predicted molar refractivity (Wildman–Crippen MR) is 135 cm³/mol. The van der Waals surface area contributed by atoms with Crippen LogP contribution in [0, 0.1) is 0 Å². The standard InChI is InChI=1S/C28H30N2O7/c1-19(31)25(30-28(35)37-18-22-10-6-3-7-11-22)26(33)29-24(16-20-12-14-23(32)15-13-20)27(34)36-17-21-8-4-2-5-9-21/h2-15,19,24-25,31-32H,16-18H2,1H3,(H,29,33)(H,30,35)/t19-,24+,25+/m1/s1. The molecule has 0 aliphatic rings. The summed E-state index contributed by atoms with van der Waals surface area (Å²) < 4.78 is 10.6. The van der Waals surface area contributed by atoms with Crippen LogP contribution in [0.15, 0.2) is 84.9 Å². The molecule has 0 unspecified atom stereocenters. The first-order valence-electron chi connectivity index (χ1n) is 11.8. The van der Waals surface area contributed by atoms with Gasteiger partial charge in [-0.3, -0.25) is 4.79 Å². The van der Waals surface area contributed by atoms with E-state index >= 15 is 0 Å². The van der Waals surface area contributed by atoms with Crippen LogP contribution in [0.1, 0.15) is 23.6 Å². The van der Waals surface area contributed by atoms with Gasteiger partial charge in [0.05, 0.1) is 6.10 Å². The van der Waals surface area contributed by atoms with Gasteiger partial charge in [-0.25, -0.2) is 9.59 Å². The molecule has 0 fully saturated rings. The zero-order valence-corrected chi connectivity index (χ0v) is 20.4. The number of nitrogens with one attached hydrogen (secondary N) is 2. The molecule has 0 saturated heterocycles. The maximum Gasteiger partial charge on any atom is 0.408 e. The number of hydrogen-bond acceptors (Lipinski definition) is 7. The summed E-state index contributed by atoms with van der Waals surface area (Å²) in [6.45, 7) is 1.33. The highest BCUT2D eigenvalue weighted by molar-refractivity contribution is 5.90. The van der Waals surface area contributed by atoms with Gasteiger partial charge in [-0.2, -0.15) is 0 Å². The third kappa shape index (κ3) is 8.97. The Kier molecular flexibility index (Phi) is 10.0. The van der Waals surface area contributed by atoms with E-state index in [9.17, 15) is 24.6 Å². The minimum Gasteiger partial charge on any atom is -0.508 e. The first-order valence-corrected chi connectivity index (χ1v) is 11.8. The molecule has 3 aromatic rings. The lowest BCUT2D eigenvalue weighted by molar-refractivity contribution is -0.149. The number of hydrogen-bond donors (Lipinski definition) is 4. The fraction of sp³-hybridized carbons (Fsp3) is 0.250. The highest BCUT2D eigenvalue weighted by atomic mass is 16.5. The fourth-order valence-corrected chi connectivity index (χ4v) is 3.45. The van der Waals surface area contributed by atoms with Gasteiger partial charge in [0.1, 0.15) is 31.0 Å². The summed E-state index contributed by atoms with van der Waals surface area (Å²) >= 11 is 0. The van der Waals surface area contributed by atoms with E-state index < -0.39 is 36.2 Å². The van der Waals surface area contributed by atoms with Crippen molar-refractivity contribution in [3.05, 3.63) is 102 Å². The molecule has 9 heteroatoms. The molecule has 37 heavy (non-hydrogen) atoms. The number of phenolic OH excluding ortho intramolecular Hbond substituents is 1. The third-order valence-electron chi connectivity index (χ3n) is 5.45. The number of amides is 2. The van der Waals surface area contributed by atoms with E-state index in [2.05, 4.69) is 10.6 Å². The van der Waals surface area contributed by atoms with Crippen molar-refractivity contribution >= 4 is 18.0 Å². The van der Waals surface area contributed by atoms with Crippen LogP contribution in [0.5, 0.6) is 5.75 Å². The Morgan fingerprint density at radius 3 is 1.84 bits per heavy atom. The van der Waals surface area contributed by atoms with Crippen molar-refractivity contribution in [3.63, 3.8) is 0 Å². The number of alkyl carbamates (subject to hydrolysis) is 1. The summed E-state index contributed by atoms with van der Waals surface area (Å²) in [5, 5.41) is 24.6. The van der Waals surface area contributed by atoms with Crippen molar-refractivity contribution in [1.29, 1.82) is 0 Å². The monoisotopic (exact) mass is 506 g/mol. The maximum absolute atomic E-state index is 13.0. The molecular weight excluding hydrogens is 476 g/mol.